The standard InChI is InChI=1S/C14H18ClNO4/c1-3-6-19-14-10(15)8-13(14)20-12-7-9(2)4-5-11(12)16(17)18/h4-5,7,10,13-14H,3,6,8H2,1-2H3. The predicted molar refractivity (Wildman–Crippen MR) is 76.5 cm³/mol. The molecule has 0 N–H and O–H groups in total. The first-order valence-electron chi connectivity index (χ1n) is 6.70. The molecule has 3 unspecified atom stereocenters. The lowest BCUT2D eigenvalue weighted by atomic mass is 9.91. The highest BCUT2D eigenvalue weighted by molar-refractivity contribution is 6.21. The summed E-state index contributed by atoms with van der Waals surface area (Å²) in [6.07, 6.45) is 1.12. The van der Waals surface area contributed by atoms with E-state index in [0.29, 0.717) is 13.0 Å². The van der Waals surface area contributed by atoms with E-state index in [1.165, 1.54) is 6.07 Å². The van der Waals surface area contributed by atoms with E-state index in [2.05, 4.69) is 0 Å². The number of benzene rings is 1. The summed E-state index contributed by atoms with van der Waals surface area (Å²) in [4.78, 5) is 10.6. The number of nitro benzene ring substituents is 1. The average Bonchev–Trinajstić information content (AvgIpc) is 2.38. The van der Waals surface area contributed by atoms with Crippen molar-refractivity contribution in [1.82, 2.24) is 0 Å². The molecule has 5 nitrogen and oxygen atoms in total. The second-order valence-corrected chi connectivity index (χ2v) is 5.53. The van der Waals surface area contributed by atoms with Crippen molar-refractivity contribution in [2.24, 2.45) is 0 Å². The topological polar surface area (TPSA) is 61.6 Å². The summed E-state index contributed by atoms with van der Waals surface area (Å²) in [5.74, 6) is 0.286. The first kappa shape index (κ1) is 15.1. The number of aryl methyl sites for hydroxylation is 1. The summed E-state index contributed by atoms with van der Waals surface area (Å²) in [5, 5.41) is 10.9. The molecule has 0 amide bonds. The zero-order valence-electron chi connectivity index (χ0n) is 11.5. The summed E-state index contributed by atoms with van der Waals surface area (Å²) in [7, 11) is 0. The number of rotatable bonds is 6. The van der Waals surface area contributed by atoms with Crippen LogP contribution in [0.15, 0.2) is 18.2 Å². The predicted octanol–water partition coefficient (Wildman–Crippen LogP) is 3.46. The number of hydrogen-bond acceptors (Lipinski definition) is 4. The molecule has 1 aromatic carbocycles. The van der Waals surface area contributed by atoms with Crippen molar-refractivity contribution in [3.8, 4) is 5.75 Å². The van der Waals surface area contributed by atoms with Crippen molar-refractivity contribution in [1.29, 1.82) is 0 Å². The van der Waals surface area contributed by atoms with Crippen molar-refractivity contribution in [2.45, 2.75) is 44.3 Å². The molecule has 0 heterocycles. The maximum atomic E-state index is 11.0. The lowest BCUT2D eigenvalue weighted by Crippen LogP contribution is -2.52. The van der Waals surface area contributed by atoms with Crippen LogP contribution in [0.3, 0.4) is 0 Å². The molecule has 6 heteroatoms. The van der Waals surface area contributed by atoms with Gasteiger partial charge in [-0.15, -0.1) is 11.6 Å². The molecular formula is C14H18ClNO4. The van der Waals surface area contributed by atoms with Gasteiger partial charge in [-0.2, -0.15) is 0 Å². The highest BCUT2D eigenvalue weighted by Gasteiger charge is 2.43. The van der Waals surface area contributed by atoms with E-state index >= 15 is 0 Å². The Balaban J connectivity index is 2.09. The van der Waals surface area contributed by atoms with Gasteiger partial charge in [-0.3, -0.25) is 10.1 Å². The molecule has 20 heavy (non-hydrogen) atoms. The SMILES string of the molecule is CCCOC1C(Cl)CC1Oc1cc(C)ccc1[N+](=O)[O-]. The van der Waals surface area contributed by atoms with Gasteiger partial charge in [0.2, 0.25) is 0 Å². The van der Waals surface area contributed by atoms with E-state index < -0.39 is 4.92 Å². The van der Waals surface area contributed by atoms with Gasteiger partial charge in [-0.1, -0.05) is 13.0 Å². The monoisotopic (exact) mass is 299 g/mol. The van der Waals surface area contributed by atoms with Crippen LogP contribution < -0.4 is 4.74 Å². The fourth-order valence-corrected chi connectivity index (χ4v) is 2.55. The highest BCUT2D eigenvalue weighted by atomic mass is 35.5. The van der Waals surface area contributed by atoms with Crippen molar-refractivity contribution in [2.75, 3.05) is 6.61 Å². The molecule has 1 aromatic rings. The minimum absolute atomic E-state index is 0.0251. The number of alkyl halides is 1. The van der Waals surface area contributed by atoms with Gasteiger partial charge in [0.15, 0.2) is 5.75 Å². The fourth-order valence-electron chi connectivity index (χ4n) is 2.14. The van der Waals surface area contributed by atoms with E-state index in [4.69, 9.17) is 21.1 Å². The van der Waals surface area contributed by atoms with E-state index in [1.54, 1.807) is 12.1 Å². The molecule has 0 radical (unpaired) electrons. The minimum Gasteiger partial charge on any atom is -0.481 e. The molecule has 0 aliphatic heterocycles. The molecule has 1 aliphatic carbocycles. The Hall–Kier alpha value is -1.33. The Morgan fingerprint density at radius 1 is 1.50 bits per heavy atom. The van der Waals surface area contributed by atoms with Gasteiger partial charge < -0.3 is 9.47 Å². The van der Waals surface area contributed by atoms with Gasteiger partial charge in [-0.05, 0) is 25.0 Å². The minimum atomic E-state index is -0.437. The van der Waals surface area contributed by atoms with Crippen LogP contribution in [0.25, 0.3) is 0 Å². The van der Waals surface area contributed by atoms with Gasteiger partial charge in [0.25, 0.3) is 0 Å². The molecule has 0 bridgehead atoms. The summed E-state index contributed by atoms with van der Waals surface area (Å²) in [5.41, 5.74) is 0.890. The Bertz CT molecular complexity index is 494. The van der Waals surface area contributed by atoms with Gasteiger partial charge in [-0.25, -0.2) is 0 Å². The van der Waals surface area contributed by atoms with Gasteiger partial charge in [0.05, 0.1) is 10.3 Å². The second kappa shape index (κ2) is 6.41. The molecular weight excluding hydrogens is 282 g/mol. The Labute approximate surface area is 123 Å². The van der Waals surface area contributed by atoms with Crippen LogP contribution in [0.2, 0.25) is 0 Å². The first-order valence-corrected chi connectivity index (χ1v) is 7.14. The Kier molecular flexibility index (Phi) is 4.83. The summed E-state index contributed by atoms with van der Waals surface area (Å²) in [6.45, 7) is 4.50. The van der Waals surface area contributed by atoms with E-state index in [0.717, 1.165) is 12.0 Å². The Morgan fingerprint density at radius 3 is 2.85 bits per heavy atom. The van der Waals surface area contributed by atoms with Crippen molar-refractivity contribution < 1.29 is 14.4 Å². The smallest absolute Gasteiger partial charge is 0.310 e. The molecule has 0 spiro atoms. The summed E-state index contributed by atoms with van der Waals surface area (Å²) in [6, 6.07) is 4.83. The third-order valence-corrected chi connectivity index (χ3v) is 3.71. The molecule has 1 saturated carbocycles. The lowest BCUT2D eigenvalue weighted by molar-refractivity contribution is -0.386. The van der Waals surface area contributed by atoms with Crippen LogP contribution in [-0.2, 0) is 4.74 Å². The van der Waals surface area contributed by atoms with Crippen LogP contribution in [0.4, 0.5) is 5.69 Å². The van der Waals surface area contributed by atoms with Gasteiger partial charge >= 0.3 is 5.69 Å². The quantitative estimate of drug-likeness (QED) is 0.458. The number of halogens is 1. The average molecular weight is 300 g/mol. The third kappa shape index (κ3) is 3.22. The van der Waals surface area contributed by atoms with Gasteiger partial charge in [0, 0.05) is 19.1 Å². The molecule has 0 saturated heterocycles. The van der Waals surface area contributed by atoms with Gasteiger partial charge in [0.1, 0.15) is 12.2 Å². The van der Waals surface area contributed by atoms with Crippen LogP contribution in [0.5, 0.6) is 5.75 Å². The lowest BCUT2D eigenvalue weighted by Gasteiger charge is -2.40. The normalized spacial score (nSPS) is 25.1. The number of hydrogen-bond donors (Lipinski definition) is 0. The maximum Gasteiger partial charge on any atom is 0.310 e. The maximum absolute atomic E-state index is 11.0. The van der Waals surface area contributed by atoms with Crippen LogP contribution in [-0.4, -0.2) is 29.1 Å². The van der Waals surface area contributed by atoms with Crippen molar-refractivity contribution >= 4 is 17.3 Å². The summed E-state index contributed by atoms with van der Waals surface area (Å²) < 4.78 is 11.4. The summed E-state index contributed by atoms with van der Waals surface area (Å²) >= 11 is 6.11. The van der Waals surface area contributed by atoms with Crippen LogP contribution in [0.1, 0.15) is 25.3 Å². The number of nitro groups is 1. The van der Waals surface area contributed by atoms with E-state index in [9.17, 15) is 10.1 Å². The Morgan fingerprint density at radius 2 is 2.25 bits per heavy atom. The molecule has 1 aliphatic rings. The zero-order chi connectivity index (χ0) is 14.7. The van der Waals surface area contributed by atoms with Crippen LogP contribution >= 0.6 is 11.6 Å². The van der Waals surface area contributed by atoms with Crippen molar-refractivity contribution in [3.63, 3.8) is 0 Å². The van der Waals surface area contributed by atoms with Crippen molar-refractivity contribution in [3.05, 3.63) is 33.9 Å². The van der Waals surface area contributed by atoms with Crippen LogP contribution in [0, 0.1) is 17.0 Å². The number of ether oxygens (including phenoxy) is 2. The second-order valence-electron chi connectivity index (χ2n) is 4.97. The zero-order valence-corrected chi connectivity index (χ0v) is 12.3. The fraction of sp³-hybridized carbons (Fsp3) is 0.571. The highest BCUT2D eigenvalue weighted by Crippen LogP contribution is 2.36. The molecule has 0 aromatic heterocycles. The largest absolute Gasteiger partial charge is 0.481 e. The molecule has 110 valence electrons. The molecule has 2 rings (SSSR count). The third-order valence-electron chi connectivity index (χ3n) is 3.29. The first-order chi connectivity index (χ1) is 9.52. The molecule has 3 atom stereocenters. The van der Waals surface area contributed by atoms with E-state index in [1.807, 2.05) is 13.8 Å². The number of nitrogens with zero attached hydrogens (tertiary/aromatic N) is 1. The van der Waals surface area contributed by atoms with E-state index in [-0.39, 0.29) is 29.0 Å². The molecule has 1 fully saturated rings.